The van der Waals surface area contributed by atoms with Crippen LogP contribution in [0.1, 0.15) is 17.0 Å². The topological polar surface area (TPSA) is 47.8 Å². The van der Waals surface area contributed by atoms with Gasteiger partial charge < -0.3 is 0 Å². The second kappa shape index (κ2) is 7.37. The van der Waals surface area contributed by atoms with Gasteiger partial charge in [-0.3, -0.25) is 9.36 Å². The summed E-state index contributed by atoms with van der Waals surface area (Å²) in [5.41, 5.74) is 2.47. The second-order valence-electron chi connectivity index (χ2n) is 6.28. The highest BCUT2D eigenvalue weighted by Crippen LogP contribution is 2.21. The van der Waals surface area contributed by atoms with E-state index in [0.29, 0.717) is 17.0 Å². The standard InChI is InChI=1S/C22H15ClFN3O/c1-14-5-2-3-6-15(14)8-11-20-26-18-10-9-16(24)13-17(18)22(28)27(20)19-7-4-12-25-21(19)23/h2-13H,1H3. The summed E-state index contributed by atoms with van der Waals surface area (Å²) in [5.74, 6) is -0.124. The molecule has 0 aliphatic rings. The van der Waals surface area contributed by atoms with Gasteiger partial charge in [-0.2, -0.15) is 0 Å². The molecule has 0 N–H and O–H groups in total. The predicted molar refractivity (Wildman–Crippen MR) is 110 cm³/mol. The Morgan fingerprint density at radius 3 is 2.68 bits per heavy atom. The van der Waals surface area contributed by atoms with Crippen LogP contribution >= 0.6 is 11.6 Å². The van der Waals surface area contributed by atoms with E-state index in [1.165, 1.54) is 29.0 Å². The van der Waals surface area contributed by atoms with E-state index in [-0.39, 0.29) is 10.5 Å². The van der Waals surface area contributed by atoms with Crippen molar-refractivity contribution in [1.82, 2.24) is 14.5 Å². The van der Waals surface area contributed by atoms with Crippen molar-refractivity contribution in [1.29, 1.82) is 0 Å². The maximum absolute atomic E-state index is 13.7. The zero-order valence-electron chi connectivity index (χ0n) is 14.9. The highest BCUT2D eigenvalue weighted by atomic mass is 35.5. The largest absolute Gasteiger partial charge is 0.268 e. The Morgan fingerprint density at radius 1 is 1.07 bits per heavy atom. The molecule has 28 heavy (non-hydrogen) atoms. The fourth-order valence-electron chi connectivity index (χ4n) is 3.00. The van der Waals surface area contributed by atoms with E-state index < -0.39 is 11.4 Å². The average molecular weight is 392 g/mol. The first-order chi connectivity index (χ1) is 13.5. The van der Waals surface area contributed by atoms with Crippen LogP contribution in [-0.2, 0) is 0 Å². The molecule has 4 aromatic rings. The molecule has 0 bridgehead atoms. The average Bonchev–Trinajstić information content (AvgIpc) is 2.69. The monoisotopic (exact) mass is 391 g/mol. The maximum Gasteiger partial charge on any atom is 0.266 e. The van der Waals surface area contributed by atoms with Crippen molar-refractivity contribution in [3.8, 4) is 5.69 Å². The Kier molecular flexibility index (Phi) is 4.75. The highest BCUT2D eigenvalue weighted by Gasteiger charge is 2.14. The maximum atomic E-state index is 13.7. The van der Waals surface area contributed by atoms with Gasteiger partial charge in [0.25, 0.3) is 5.56 Å². The molecule has 0 saturated carbocycles. The quantitative estimate of drug-likeness (QED) is 0.459. The number of aryl methyl sites for hydroxylation is 1. The van der Waals surface area contributed by atoms with Crippen LogP contribution in [0.25, 0.3) is 28.7 Å². The fourth-order valence-corrected chi connectivity index (χ4v) is 3.21. The molecule has 0 fully saturated rings. The molecule has 4 rings (SSSR count). The number of hydrogen-bond donors (Lipinski definition) is 0. The minimum absolute atomic E-state index is 0.160. The number of hydrogen-bond acceptors (Lipinski definition) is 3. The van der Waals surface area contributed by atoms with Gasteiger partial charge >= 0.3 is 0 Å². The number of halogens is 2. The minimum Gasteiger partial charge on any atom is -0.268 e. The van der Waals surface area contributed by atoms with Gasteiger partial charge in [-0.1, -0.05) is 41.9 Å². The molecule has 4 nitrogen and oxygen atoms in total. The number of nitrogens with zero attached hydrogens (tertiary/aromatic N) is 3. The zero-order chi connectivity index (χ0) is 19.7. The number of benzene rings is 2. The van der Waals surface area contributed by atoms with E-state index in [1.54, 1.807) is 18.2 Å². The van der Waals surface area contributed by atoms with Crippen LogP contribution in [0.2, 0.25) is 5.15 Å². The normalized spacial score (nSPS) is 11.4. The van der Waals surface area contributed by atoms with Crippen LogP contribution in [0.15, 0.2) is 65.6 Å². The summed E-state index contributed by atoms with van der Waals surface area (Å²) in [5, 5.41) is 0.334. The Balaban J connectivity index is 2.00. The van der Waals surface area contributed by atoms with Crippen LogP contribution in [0.3, 0.4) is 0 Å². The number of pyridine rings is 1. The summed E-state index contributed by atoms with van der Waals surface area (Å²) < 4.78 is 15.1. The van der Waals surface area contributed by atoms with E-state index in [1.807, 2.05) is 37.3 Å². The lowest BCUT2D eigenvalue weighted by molar-refractivity contribution is 0.629. The lowest BCUT2D eigenvalue weighted by atomic mass is 10.1. The first-order valence-electron chi connectivity index (χ1n) is 8.61. The molecule has 2 heterocycles. The molecule has 6 heteroatoms. The van der Waals surface area contributed by atoms with Crippen LogP contribution < -0.4 is 5.56 Å². The molecular weight excluding hydrogens is 377 g/mol. The molecule has 0 saturated heterocycles. The number of fused-ring (bicyclic) bond motifs is 1. The van der Waals surface area contributed by atoms with Crippen molar-refractivity contribution in [2.24, 2.45) is 0 Å². The van der Waals surface area contributed by atoms with E-state index in [9.17, 15) is 9.18 Å². The third-order valence-electron chi connectivity index (χ3n) is 4.44. The van der Waals surface area contributed by atoms with E-state index in [4.69, 9.17) is 11.6 Å². The van der Waals surface area contributed by atoms with Gasteiger partial charge in [0.1, 0.15) is 11.6 Å². The molecule has 0 amide bonds. The Hall–Kier alpha value is -3.31. The van der Waals surface area contributed by atoms with E-state index >= 15 is 0 Å². The molecule has 2 aromatic heterocycles. The summed E-state index contributed by atoms with van der Waals surface area (Å²) in [4.78, 5) is 21.8. The Morgan fingerprint density at radius 2 is 1.89 bits per heavy atom. The smallest absolute Gasteiger partial charge is 0.266 e. The Bertz CT molecular complexity index is 1280. The van der Waals surface area contributed by atoms with E-state index in [2.05, 4.69) is 9.97 Å². The van der Waals surface area contributed by atoms with Crippen molar-refractivity contribution in [2.45, 2.75) is 6.92 Å². The summed E-state index contributed by atoms with van der Waals surface area (Å²) in [7, 11) is 0. The summed E-state index contributed by atoms with van der Waals surface area (Å²) in [6.45, 7) is 2.00. The first kappa shape index (κ1) is 18.1. The number of rotatable bonds is 3. The summed E-state index contributed by atoms with van der Waals surface area (Å²) in [6.07, 6.45) is 5.16. The van der Waals surface area contributed by atoms with Crippen LogP contribution in [0.5, 0.6) is 0 Å². The van der Waals surface area contributed by atoms with E-state index in [0.717, 1.165) is 11.1 Å². The Labute approximate surface area is 165 Å². The first-order valence-corrected chi connectivity index (χ1v) is 8.99. The van der Waals surface area contributed by atoms with Crippen molar-refractivity contribution in [3.63, 3.8) is 0 Å². The molecule has 138 valence electrons. The van der Waals surface area contributed by atoms with Gasteiger partial charge in [0.15, 0.2) is 5.15 Å². The molecule has 0 spiro atoms. The molecule has 0 aliphatic carbocycles. The second-order valence-corrected chi connectivity index (χ2v) is 6.63. The SMILES string of the molecule is Cc1ccccc1C=Cc1nc2ccc(F)cc2c(=O)n1-c1cccnc1Cl. The fraction of sp³-hybridized carbons (Fsp3) is 0.0455. The van der Waals surface area contributed by atoms with Crippen molar-refractivity contribution >= 4 is 34.7 Å². The van der Waals surface area contributed by atoms with Gasteiger partial charge in [-0.05, 0) is 54.5 Å². The molecular formula is C22H15ClFN3O. The molecule has 0 unspecified atom stereocenters. The molecule has 0 aliphatic heterocycles. The third kappa shape index (κ3) is 3.32. The van der Waals surface area contributed by atoms with Crippen LogP contribution in [-0.4, -0.2) is 14.5 Å². The van der Waals surface area contributed by atoms with Gasteiger partial charge in [0.2, 0.25) is 0 Å². The van der Waals surface area contributed by atoms with Gasteiger partial charge in [-0.25, -0.2) is 14.4 Å². The molecule has 0 radical (unpaired) electrons. The van der Waals surface area contributed by atoms with Crippen LogP contribution in [0, 0.1) is 12.7 Å². The lowest BCUT2D eigenvalue weighted by Gasteiger charge is -2.12. The van der Waals surface area contributed by atoms with Gasteiger partial charge in [-0.15, -0.1) is 0 Å². The third-order valence-corrected chi connectivity index (χ3v) is 4.73. The van der Waals surface area contributed by atoms with Gasteiger partial charge in [0.05, 0.1) is 16.6 Å². The van der Waals surface area contributed by atoms with Crippen molar-refractivity contribution in [2.75, 3.05) is 0 Å². The zero-order valence-corrected chi connectivity index (χ0v) is 15.7. The van der Waals surface area contributed by atoms with Crippen molar-refractivity contribution in [3.05, 3.63) is 99.1 Å². The lowest BCUT2D eigenvalue weighted by Crippen LogP contribution is -2.23. The summed E-state index contributed by atoms with van der Waals surface area (Å²) in [6, 6.07) is 15.2. The van der Waals surface area contributed by atoms with Gasteiger partial charge in [0, 0.05) is 6.20 Å². The highest BCUT2D eigenvalue weighted by molar-refractivity contribution is 6.31. The number of aromatic nitrogens is 3. The molecule has 0 atom stereocenters. The van der Waals surface area contributed by atoms with Crippen molar-refractivity contribution < 1.29 is 4.39 Å². The predicted octanol–water partition coefficient (Wildman–Crippen LogP) is 5.05. The summed E-state index contributed by atoms with van der Waals surface area (Å²) >= 11 is 6.23. The molecule has 2 aromatic carbocycles. The minimum atomic E-state index is -0.501. The van der Waals surface area contributed by atoms with Crippen LogP contribution in [0.4, 0.5) is 4.39 Å².